The van der Waals surface area contributed by atoms with Gasteiger partial charge in [0.05, 0.1) is 5.41 Å². The Morgan fingerprint density at radius 2 is 1.61 bits per heavy atom. The fourth-order valence-electron chi connectivity index (χ4n) is 6.26. The van der Waals surface area contributed by atoms with Crippen LogP contribution in [0.2, 0.25) is 0 Å². The van der Waals surface area contributed by atoms with Gasteiger partial charge in [0.2, 0.25) is 0 Å². The van der Waals surface area contributed by atoms with E-state index in [0.29, 0.717) is 0 Å². The molecule has 2 heteroatoms. The highest BCUT2D eigenvalue weighted by Crippen LogP contribution is 2.65. The molecule has 0 unspecified atom stereocenters. The number of benzene rings is 3. The van der Waals surface area contributed by atoms with E-state index in [1.54, 1.807) is 6.20 Å². The molecular weight excluding hydrogens is 454 g/mol. The average molecular weight is 484 g/mol. The molecule has 0 aliphatic heterocycles. The van der Waals surface area contributed by atoms with Gasteiger partial charge < -0.3 is 5.73 Å². The summed E-state index contributed by atoms with van der Waals surface area (Å²) in [5.74, 6) is 0. The lowest BCUT2D eigenvalue weighted by Gasteiger charge is -2.31. The van der Waals surface area contributed by atoms with Gasteiger partial charge in [0.15, 0.2) is 0 Å². The van der Waals surface area contributed by atoms with Gasteiger partial charge in [-0.15, -0.1) is 11.3 Å². The van der Waals surface area contributed by atoms with Gasteiger partial charge in [-0.3, -0.25) is 0 Å². The number of fused-ring (bicyclic) bond motifs is 10. The van der Waals surface area contributed by atoms with E-state index in [2.05, 4.69) is 105 Å². The Kier molecular flexibility index (Phi) is 5.43. The maximum absolute atomic E-state index is 5.73. The van der Waals surface area contributed by atoms with E-state index in [1.165, 1.54) is 65.4 Å². The normalized spacial score (nSPS) is 14.9. The van der Waals surface area contributed by atoms with E-state index in [9.17, 15) is 0 Å². The molecule has 0 atom stereocenters. The number of hydrogen-bond acceptors (Lipinski definition) is 2. The second-order valence-corrected chi connectivity index (χ2v) is 10.5. The summed E-state index contributed by atoms with van der Waals surface area (Å²) in [5, 5.41) is 0. The minimum absolute atomic E-state index is 0.347. The summed E-state index contributed by atoms with van der Waals surface area (Å²) in [5.41, 5.74) is 18.7. The van der Waals surface area contributed by atoms with Crippen LogP contribution in [-0.2, 0) is 11.8 Å². The summed E-state index contributed by atoms with van der Waals surface area (Å²) < 4.78 is 0. The predicted molar refractivity (Wildman–Crippen MR) is 156 cm³/mol. The van der Waals surface area contributed by atoms with Gasteiger partial charge in [-0.2, -0.15) is 0 Å². The highest BCUT2D eigenvalue weighted by atomic mass is 32.1. The molecule has 0 bridgehead atoms. The second-order valence-electron chi connectivity index (χ2n) is 9.41. The van der Waals surface area contributed by atoms with Crippen molar-refractivity contribution in [3.63, 3.8) is 0 Å². The van der Waals surface area contributed by atoms with Gasteiger partial charge in [0.25, 0.3) is 0 Å². The predicted octanol–water partition coefficient (Wildman–Crippen LogP) is 8.73. The molecule has 36 heavy (non-hydrogen) atoms. The van der Waals surface area contributed by atoms with Gasteiger partial charge in [-0.1, -0.05) is 97.6 Å². The first-order valence-electron chi connectivity index (χ1n) is 12.5. The van der Waals surface area contributed by atoms with Crippen LogP contribution in [-0.4, -0.2) is 0 Å². The second kappa shape index (κ2) is 8.65. The molecular formula is C34H29NS. The summed E-state index contributed by atoms with van der Waals surface area (Å²) in [7, 11) is 0. The van der Waals surface area contributed by atoms with Crippen LogP contribution in [0.1, 0.15) is 52.1 Å². The van der Waals surface area contributed by atoms with E-state index >= 15 is 0 Å². The third-order valence-electron chi connectivity index (χ3n) is 7.64. The van der Waals surface area contributed by atoms with E-state index in [4.69, 9.17) is 5.73 Å². The molecule has 1 spiro atoms. The lowest BCUT2D eigenvalue weighted by Crippen LogP contribution is -2.26. The fourth-order valence-corrected chi connectivity index (χ4v) is 7.50. The zero-order valence-corrected chi connectivity index (χ0v) is 21.5. The van der Waals surface area contributed by atoms with Crippen molar-refractivity contribution in [2.45, 2.75) is 25.7 Å². The molecule has 2 aliphatic rings. The third-order valence-corrected chi connectivity index (χ3v) is 8.88. The molecule has 176 valence electrons. The smallest absolute Gasteiger partial charge is 0.0740 e. The van der Waals surface area contributed by atoms with E-state index < -0.39 is 0 Å². The zero-order chi connectivity index (χ0) is 24.9. The van der Waals surface area contributed by atoms with Crippen molar-refractivity contribution < 1.29 is 0 Å². The molecule has 0 amide bonds. The Balaban J connectivity index is 1.74. The lowest BCUT2D eigenvalue weighted by molar-refractivity contribution is 0.791. The number of thiophene rings is 1. The fraction of sp³-hybridized carbons (Fsp3) is 0.118. The van der Waals surface area contributed by atoms with Gasteiger partial charge >= 0.3 is 0 Å². The maximum Gasteiger partial charge on any atom is 0.0740 e. The summed E-state index contributed by atoms with van der Waals surface area (Å²) in [4.78, 5) is 2.59. The molecule has 1 nitrogen and oxygen atoms in total. The monoisotopic (exact) mass is 483 g/mol. The molecule has 6 rings (SSSR count). The summed E-state index contributed by atoms with van der Waals surface area (Å²) in [6.07, 6.45) is 13.1. The molecule has 3 aromatic carbocycles. The first-order chi connectivity index (χ1) is 17.7. The van der Waals surface area contributed by atoms with Crippen molar-refractivity contribution in [2.24, 2.45) is 5.73 Å². The van der Waals surface area contributed by atoms with Crippen LogP contribution in [0, 0.1) is 0 Å². The topological polar surface area (TPSA) is 26.0 Å². The van der Waals surface area contributed by atoms with Gasteiger partial charge in [0.1, 0.15) is 0 Å². The molecule has 0 fully saturated rings. The zero-order valence-electron chi connectivity index (χ0n) is 20.7. The molecule has 0 radical (unpaired) electrons. The Labute approximate surface area is 217 Å². The molecule has 0 saturated carbocycles. The van der Waals surface area contributed by atoms with Gasteiger partial charge in [-0.25, -0.2) is 0 Å². The number of rotatable bonds is 5. The minimum Gasteiger partial charge on any atom is -0.405 e. The van der Waals surface area contributed by atoms with Crippen molar-refractivity contribution in [2.75, 3.05) is 0 Å². The van der Waals surface area contributed by atoms with Crippen molar-refractivity contribution in [3.8, 4) is 21.6 Å². The van der Waals surface area contributed by atoms with Crippen molar-refractivity contribution in [1.29, 1.82) is 0 Å². The molecule has 2 N–H and O–H groups in total. The largest absolute Gasteiger partial charge is 0.405 e. The van der Waals surface area contributed by atoms with Crippen LogP contribution in [0.4, 0.5) is 0 Å². The Morgan fingerprint density at radius 3 is 2.22 bits per heavy atom. The highest BCUT2D eigenvalue weighted by molar-refractivity contribution is 7.17. The first kappa shape index (κ1) is 22.6. The third kappa shape index (κ3) is 2.95. The van der Waals surface area contributed by atoms with E-state index in [1.807, 2.05) is 23.5 Å². The van der Waals surface area contributed by atoms with Crippen molar-refractivity contribution >= 4 is 23.5 Å². The summed E-state index contributed by atoms with van der Waals surface area (Å²) >= 11 is 1.87. The van der Waals surface area contributed by atoms with Crippen LogP contribution in [0.3, 0.4) is 0 Å². The first-order valence-corrected chi connectivity index (χ1v) is 13.3. The standard InChI is InChI=1S/C34H29NS/c1-4-11-27-31(6-3)36-33-26-17-16-23(20-22(5-2)18-19-35)21-30(26)34(32(27)33)28-14-9-7-12-24(28)25-13-8-10-15-29(25)34/h4-19,21H,3,20,35H2,1-2H3/b11-4-,19-18-,22-5+. The molecule has 2 aliphatic carbocycles. The Morgan fingerprint density at radius 1 is 0.917 bits per heavy atom. The highest BCUT2D eigenvalue weighted by Gasteiger charge is 2.53. The van der Waals surface area contributed by atoms with Crippen molar-refractivity contribution in [1.82, 2.24) is 0 Å². The average Bonchev–Trinajstić information content (AvgIpc) is 3.52. The van der Waals surface area contributed by atoms with Gasteiger partial charge in [0, 0.05) is 9.75 Å². The number of allylic oxidation sites excluding steroid dienone is 4. The lowest BCUT2D eigenvalue weighted by atomic mass is 9.69. The van der Waals surface area contributed by atoms with Crippen LogP contribution in [0.15, 0.2) is 103 Å². The summed E-state index contributed by atoms with van der Waals surface area (Å²) in [6.45, 7) is 8.35. The minimum atomic E-state index is -0.347. The van der Waals surface area contributed by atoms with Crippen LogP contribution in [0.5, 0.6) is 0 Å². The van der Waals surface area contributed by atoms with Gasteiger partial charge in [-0.05, 0) is 88.2 Å². The molecule has 4 aromatic rings. The van der Waals surface area contributed by atoms with Crippen LogP contribution < -0.4 is 5.73 Å². The molecule has 0 saturated heterocycles. The summed E-state index contributed by atoms with van der Waals surface area (Å²) in [6, 6.07) is 25.0. The van der Waals surface area contributed by atoms with E-state index in [-0.39, 0.29) is 5.41 Å². The molecule has 1 heterocycles. The number of hydrogen-bond donors (Lipinski definition) is 1. The van der Waals surface area contributed by atoms with E-state index in [0.717, 1.165) is 6.42 Å². The van der Waals surface area contributed by atoms with Crippen LogP contribution >= 0.6 is 11.3 Å². The number of nitrogens with two attached hydrogens (primary N) is 1. The van der Waals surface area contributed by atoms with Crippen LogP contribution in [0.25, 0.3) is 33.7 Å². The quantitative estimate of drug-likeness (QED) is 0.244. The Hall–Kier alpha value is -3.88. The Bertz CT molecular complexity index is 1560. The maximum atomic E-state index is 5.73. The van der Waals surface area contributed by atoms with Crippen molar-refractivity contribution in [3.05, 3.63) is 142 Å². The molecule has 1 aromatic heterocycles. The SMILES string of the molecule is C=Cc1sc2c(c1/C=C\C)C1(c3ccccc3-c3ccccc31)c1cc(CC(/C=C\N)=C/C)ccc1-2.